The van der Waals surface area contributed by atoms with E-state index in [1.807, 2.05) is 37.6 Å². The van der Waals surface area contributed by atoms with Crippen LogP contribution in [-0.4, -0.2) is 38.4 Å². The summed E-state index contributed by atoms with van der Waals surface area (Å²) in [6.45, 7) is 4.87. The molecule has 6 heteroatoms. The number of fused-ring (bicyclic) bond motifs is 1. The van der Waals surface area contributed by atoms with Crippen LogP contribution in [0.3, 0.4) is 0 Å². The Labute approximate surface area is 158 Å². The zero-order valence-corrected chi connectivity index (χ0v) is 15.4. The van der Waals surface area contributed by atoms with E-state index in [1.54, 1.807) is 6.20 Å². The van der Waals surface area contributed by atoms with Gasteiger partial charge in [-0.2, -0.15) is 0 Å². The van der Waals surface area contributed by atoms with Gasteiger partial charge in [-0.3, -0.25) is 14.7 Å². The number of nitrogens with one attached hydrogen (secondary N) is 1. The van der Waals surface area contributed by atoms with Crippen LogP contribution in [0.15, 0.2) is 61.2 Å². The number of pyridine rings is 1. The molecule has 3 heterocycles. The zero-order valence-electron chi connectivity index (χ0n) is 15.4. The van der Waals surface area contributed by atoms with E-state index in [-0.39, 0.29) is 11.9 Å². The Bertz CT molecular complexity index is 904. The van der Waals surface area contributed by atoms with Crippen LogP contribution in [-0.2, 0) is 17.9 Å². The van der Waals surface area contributed by atoms with Crippen molar-refractivity contribution < 1.29 is 4.79 Å². The van der Waals surface area contributed by atoms with E-state index in [2.05, 4.69) is 49.0 Å². The molecule has 0 aliphatic carbocycles. The number of nitrogens with zero attached hydrogens (tertiary/aromatic N) is 4. The van der Waals surface area contributed by atoms with E-state index >= 15 is 0 Å². The van der Waals surface area contributed by atoms with Gasteiger partial charge in [-0.15, -0.1) is 0 Å². The number of hydrogen-bond acceptors (Lipinski definition) is 4. The number of hydrogen-bond donors (Lipinski definition) is 1. The number of amides is 1. The van der Waals surface area contributed by atoms with E-state index in [0.29, 0.717) is 13.1 Å². The smallest absolute Gasteiger partial charge is 0.234 e. The summed E-state index contributed by atoms with van der Waals surface area (Å²) in [6, 6.07) is 12.2. The van der Waals surface area contributed by atoms with Crippen molar-refractivity contribution in [2.45, 2.75) is 26.1 Å². The van der Waals surface area contributed by atoms with Gasteiger partial charge in [0, 0.05) is 37.9 Å². The third-order valence-electron chi connectivity index (χ3n) is 4.97. The highest BCUT2D eigenvalue weighted by atomic mass is 16.2. The van der Waals surface area contributed by atoms with Crippen molar-refractivity contribution in [2.24, 2.45) is 0 Å². The van der Waals surface area contributed by atoms with E-state index in [1.165, 1.54) is 0 Å². The summed E-state index contributed by atoms with van der Waals surface area (Å²) in [6.07, 6.45) is 7.43. The van der Waals surface area contributed by atoms with Crippen LogP contribution in [0.4, 0.5) is 0 Å². The average molecular weight is 361 g/mol. The molecular weight excluding hydrogens is 338 g/mol. The van der Waals surface area contributed by atoms with Crippen molar-refractivity contribution in [2.75, 3.05) is 13.1 Å². The molecule has 2 aromatic heterocycles. The van der Waals surface area contributed by atoms with Gasteiger partial charge in [0.1, 0.15) is 5.82 Å². The van der Waals surface area contributed by atoms with E-state index in [0.717, 1.165) is 35.6 Å². The topological polar surface area (TPSA) is 63.1 Å². The largest absolute Gasteiger partial charge is 0.348 e. The molecule has 1 atom stereocenters. The Hall–Kier alpha value is -2.99. The van der Waals surface area contributed by atoms with Crippen LogP contribution in [0.25, 0.3) is 11.1 Å². The van der Waals surface area contributed by atoms with E-state index in [4.69, 9.17) is 0 Å². The highest BCUT2D eigenvalue weighted by Crippen LogP contribution is 2.21. The van der Waals surface area contributed by atoms with Gasteiger partial charge in [-0.05, 0) is 29.7 Å². The molecular formula is C21H23N5O. The van der Waals surface area contributed by atoms with Gasteiger partial charge < -0.3 is 9.88 Å². The molecule has 4 rings (SSSR count). The maximum Gasteiger partial charge on any atom is 0.234 e. The molecule has 138 valence electrons. The van der Waals surface area contributed by atoms with Gasteiger partial charge in [-0.25, -0.2) is 4.98 Å². The third kappa shape index (κ3) is 4.06. The summed E-state index contributed by atoms with van der Waals surface area (Å²) < 4.78 is 2.14. The highest BCUT2D eigenvalue weighted by Gasteiger charge is 2.19. The van der Waals surface area contributed by atoms with E-state index < -0.39 is 0 Å². The molecule has 0 fully saturated rings. The lowest BCUT2D eigenvalue weighted by atomic mass is 10.0. The van der Waals surface area contributed by atoms with Crippen molar-refractivity contribution in [1.29, 1.82) is 0 Å². The van der Waals surface area contributed by atoms with Crippen molar-refractivity contribution in [1.82, 2.24) is 24.8 Å². The maximum atomic E-state index is 12.4. The first-order chi connectivity index (χ1) is 13.2. The van der Waals surface area contributed by atoms with E-state index in [9.17, 15) is 4.79 Å². The molecule has 27 heavy (non-hydrogen) atoms. The van der Waals surface area contributed by atoms with Crippen LogP contribution < -0.4 is 5.32 Å². The summed E-state index contributed by atoms with van der Waals surface area (Å²) in [5, 5.41) is 3.10. The quantitative estimate of drug-likeness (QED) is 0.759. The Kier molecular flexibility index (Phi) is 4.98. The van der Waals surface area contributed by atoms with Crippen molar-refractivity contribution in [3.63, 3.8) is 0 Å². The fourth-order valence-corrected chi connectivity index (χ4v) is 3.43. The first-order valence-corrected chi connectivity index (χ1v) is 9.21. The lowest BCUT2D eigenvalue weighted by Gasteiger charge is -2.27. The second-order valence-electron chi connectivity index (χ2n) is 6.90. The summed E-state index contributed by atoms with van der Waals surface area (Å²) in [5.41, 5.74) is 3.29. The number of carbonyl (C=O) groups excluding carboxylic acids is 1. The molecule has 0 saturated heterocycles. The second-order valence-corrected chi connectivity index (χ2v) is 6.90. The molecule has 0 bridgehead atoms. The summed E-state index contributed by atoms with van der Waals surface area (Å²) in [5.74, 6) is 1.06. The molecule has 1 unspecified atom stereocenters. The van der Waals surface area contributed by atoms with Gasteiger partial charge in [0.2, 0.25) is 5.91 Å². The van der Waals surface area contributed by atoms with Crippen LogP contribution in [0.1, 0.15) is 24.4 Å². The summed E-state index contributed by atoms with van der Waals surface area (Å²) in [4.78, 5) is 23.1. The van der Waals surface area contributed by atoms with Crippen molar-refractivity contribution in [3.8, 4) is 11.1 Å². The normalized spacial score (nSPS) is 15.1. The lowest BCUT2D eigenvalue weighted by molar-refractivity contribution is -0.123. The van der Waals surface area contributed by atoms with Gasteiger partial charge in [-0.1, -0.05) is 30.3 Å². The minimum absolute atomic E-state index is 0.0350. The van der Waals surface area contributed by atoms with Gasteiger partial charge >= 0.3 is 0 Å². The fraction of sp³-hybridized carbons (Fsp3) is 0.286. The number of aromatic nitrogens is 3. The Morgan fingerprint density at radius 3 is 2.78 bits per heavy atom. The monoisotopic (exact) mass is 361 g/mol. The minimum atomic E-state index is -0.0350. The second kappa shape index (κ2) is 7.72. The lowest BCUT2D eigenvalue weighted by Crippen LogP contribution is -2.41. The molecule has 0 saturated carbocycles. The number of benzene rings is 1. The van der Waals surface area contributed by atoms with Crippen LogP contribution in [0.2, 0.25) is 0 Å². The van der Waals surface area contributed by atoms with Gasteiger partial charge in [0.05, 0.1) is 19.1 Å². The Morgan fingerprint density at radius 2 is 2.00 bits per heavy atom. The van der Waals surface area contributed by atoms with Crippen molar-refractivity contribution >= 4 is 5.91 Å². The predicted molar refractivity (Wildman–Crippen MR) is 104 cm³/mol. The summed E-state index contributed by atoms with van der Waals surface area (Å²) >= 11 is 0. The molecule has 1 aliphatic heterocycles. The molecule has 1 aromatic carbocycles. The average Bonchev–Trinajstić information content (AvgIpc) is 3.16. The Morgan fingerprint density at radius 1 is 1.15 bits per heavy atom. The standard InChI is InChI=1S/C21H23N5O/c1-16(17-4-6-18(7-5-17)19-3-2-8-22-13-19)24-21(27)15-25-11-12-26-10-9-23-20(26)14-25/h2-10,13,16H,11-12,14-15H2,1H3,(H,24,27). The predicted octanol–water partition coefficient (Wildman–Crippen LogP) is 2.64. The number of carbonyl (C=O) groups is 1. The highest BCUT2D eigenvalue weighted by molar-refractivity contribution is 5.78. The number of imidazole rings is 1. The van der Waals surface area contributed by atoms with Crippen LogP contribution >= 0.6 is 0 Å². The summed E-state index contributed by atoms with van der Waals surface area (Å²) in [7, 11) is 0. The first kappa shape index (κ1) is 17.4. The Balaban J connectivity index is 1.33. The zero-order chi connectivity index (χ0) is 18.6. The molecule has 1 aliphatic rings. The first-order valence-electron chi connectivity index (χ1n) is 9.21. The van der Waals surface area contributed by atoms with Crippen LogP contribution in [0.5, 0.6) is 0 Å². The van der Waals surface area contributed by atoms with Crippen molar-refractivity contribution in [3.05, 3.63) is 72.6 Å². The van der Waals surface area contributed by atoms with Gasteiger partial charge in [0.15, 0.2) is 0 Å². The molecule has 0 spiro atoms. The number of rotatable bonds is 5. The molecule has 0 radical (unpaired) electrons. The van der Waals surface area contributed by atoms with Crippen LogP contribution in [0, 0.1) is 0 Å². The third-order valence-corrected chi connectivity index (χ3v) is 4.97. The minimum Gasteiger partial charge on any atom is -0.348 e. The maximum absolute atomic E-state index is 12.4. The molecule has 1 N–H and O–H groups in total. The molecule has 1 amide bonds. The molecule has 6 nitrogen and oxygen atoms in total. The van der Waals surface area contributed by atoms with Gasteiger partial charge in [0.25, 0.3) is 0 Å². The fourth-order valence-electron chi connectivity index (χ4n) is 3.43. The molecule has 3 aromatic rings. The SMILES string of the molecule is CC(NC(=O)CN1CCn2ccnc2C1)c1ccc(-c2cccnc2)cc1.